The van der Waals surface area contributed by atoms with Crippen LogP contribution in [0.5, 0.6) is 5.75 Å². The first-order chi connectivity index (χ1) is 14.5. The van der Waals surface area contributed by atoms with Gasteiger partial charge >= 0.3 is 0 Å². The molecule has 1 aromatic heterocycles. The van der Waals surface area contributed by atoms with Gasteiger partial charge in [-0.05, 0) is 34.5 Å². The quantitative estimate of drug-likeness (QED) is 0.690. The third kappa shape index (κ3) is 4.04. The highest BCUT2D eigenvalue weighted by Gasteiger charge is 2.42. The molecule has 2 aliphatic rings. The van der Waals surface area contributed by atoms with E-state index in [9.17, 15) is 9.59 Å². The Hall–Kier alpha value is -2.51. The Morgan fingerprint density at radius 3 is 2.57 bits per heavy atom. The van der Waals surface area contributed by atoms with Gasteiger partial charge in [-0.1, -0.05) is 18.2 Å². The van der Waals surface area contributed by atoms with Crippen molar-refractivity contribution in [3.8, 4) is 16.9 Å². The van der Waals surface area contributed by atoms with E-state index in [2.05, 4.69) is 11.9 Å². The molecule has 2 aromatic rings. The minimum absolute atomic E-state index is 0.0276. The van der Waals surface area contributed by atoms with Gasteiger partial charge in [-0.15, -0.1) is 0 Å². The van der Waals surface area contributed by atoms with Crippen LogP contribution in [0.1, 0.15) is 0 Å². The van der Waals surface area contributed by atoms with Gasteiger partial charge in [-0.3, -0.25) is 9.59 Å². The van der Waals surface area contributed by atoms with E-state index in [1.54, 1.807) is 24.5 Å². The van der Waals surface area contributed by atoms with Gasteiger partial charge in [0.25, 0.3) is 0 Å². The van der Waals surface area contributed by atoms with Gasteiger partial charge in [0.2, 0.25) is 11.8 Å². The number of carbonyl (C=O) groups excluding carboxylic acids is 2. The molecule has 3 heterocycles. The predicted molar refractivity (Wildman–Crippen MR) is 120 cm³/mol. The maximum atomic E-state index is 12.8. The smallest absolute Gasteiger partial charge is 0.245 e. The Morgan fingerprint density at radius 2 is 1.97 bits per heavy atom. The first-order valence-corrected chi connectivity index (χ1v) is 11.1. The van der Waals surface area contributed by atoms with E-state index in [0.29, 0.717) is 48.8 Å². The predicted octanol–water partition coefficient (Wildman–Crippen LogP) is 3.59. The molecule has 2 unspecified atom stereocenters. The summed E-state index contributed by atoms with van der Waals surface area (Å²) in [5.74, 6) is 1.30. The highest BCUT2D eigenvalue weighted by Crippen LogP contribution is 2.38. The number of nitrogens with zero attached hydrogens (tertiary/aromatic N) is 2. The number of nitrogens with one attached hydrogen (secondary N) is 1. The number of benzene rings is 1. The second-order valence-corrected chi connectivity index (χ2v) is 8.85. The molecule has 2 aliphatic heterocycles. The SMILES string of the molecule is C=CC(=O)N1CC2CN(C(=O)CNc3cc(-c4ccsc4)c(Cl)cc3OC)CC2C1. The number of anilines is 1. The average molecular weight is 446 g/mol. The molecule has 1 aromatic carbocycles. The van der Waals surface area contributed by atoms with Gasteiger partial charge in [-0.2, -0.15) is 11.3 Å². The molecule has 6 nitrogen and oxygen atoms in total. The Bertz CT molecular complexity index is 949. The molecule has 0 spiro atoms. The number of fused-ring (bicyclic) bond motifs is 1. The fourth-order valence-electron chi connectivity index (χ4n) is 4.29. The number of amides is 2. The third-order valence-electron chi connectivity index (χ3n) is 5.88. The van der Waals surface area contributed by atoms with Crippen molar-refractivity contribution in [1.29, 1.82) is 0 Å². The summed E-state index contributed by atoms with van der Waals surface area (Å²) < 4.78 is 5.45. The first kappa shape index (κ1) is 20.8. The maximum absolute atomic E-state index is 12.8. The van der Waals surface area contributed by atoms with Crippen molar-refractivity contribution in [1.82, 2.24) is 9.80 Å². The number of rotatable bonds is 6. The number of hydrogen-bond donors (Lipinski definition) is 1. The van der Waals surface area contributed by atoms with Gasteiger partial charge in [0.15, 0.2) is 0 Å². The molecule has 30 heavy (non-hydrogen) atoms. The number of carbonyl (C=O) groups is 2. The van der Waals surface area contributed by atoms with E-state index in [1.165, 1.54) is 6.08 Å². The zero-order valence-corrected chi connectivity index (χ0v) is 18.3. The van der Waals surface area contributed by atoms with Gasteiger partial charge < -0.3 is 19.9 Å². The lowest BCUT2D eigenvalue weighted by Crippen LogP contribution is -2.37. The number of ether oxygens (including phenoxy) is 1. The van der Waals surface area contributed by atoms with Crippen molar-refractivity contribution < 1.29 is 14.3 Å². The summed E-state index contributed by atoms with van der Waals surface area (Å²) in [6, 6.07) is 5.71. The Kier molecular flexibility index (Phi) is 6.01. The molecule has 2 saturated heterocycles. The summed E-state index contributed by atoms with van der Waals surface area (Å²) in [6.45, 7) is 6.49. The molecule has 2 amide bonds. The number of hydrogen-bond acceptors (Lipinski definition) is 5. The summed E-state index contributed by atoms with van der Waals surface area (Å²) in [7, 11) is 1.58. The zero-order valence-electron chi connectivity index (χ0n) is 16.8. The van der Waals surface area contributed by atoms with Crippen molar-refractivity contribution in [2.75, 3.05) is 45.2 Å². The highest BCUT2D eigenvalue weighted by molar-refractivity contribution is 7.08. The van der Waals surface area contributed by atoms with Crippen molar-refractivity contribution >= 4 is 40.4 Å². The van der Waals surface area contributed by atoms with E-state index in [0.717, 1.165) is 16.8 Å². The van der Waals surface area contributed by atoms with Crippen LogP contribution in [0, 0.1) is 11.8 Å². The van der Waals surface area contributed by atoms with Crippen molar-refractivity contribution in [3.63, 3.8) is 0 Å². The summed E-state index contributed by atoms with van der Waals surface area (Å²) in [4.78, 5) is 28.3. The molecule has 2 fully saturated rings. The second-order valence-electron chi connectivity index (χ2n) is 7.66. The maximum Gasteiger partial charge on any atom is 0.245 e. The number of thiophene rings is 1. The minimum atomic E-state index is -0.0276. The Morgan fingerprint density at radius 1 is 1.27 bits per heavy atom. The normalized spacial score (nSPS) is 20.2. The number of halogens is 1. The van der Waals surface area contributed by atoms with Crippen LogP contribution >= 0.6 is 22.9 Å². The second kappa shape index (κ2) is 8.70. The molecule has 0 radical (unpaired) electrons. The largest absolute Gasteiger partial charge is 0.495 e. The third-order valence-corrected chi connectivity index (χ3v) is 6.87. The van der Waals surface area contributed by atoms with Crippen LogP contribution in [0.3, 0.4) is 0 Å². The first-order valence-electron chi connectivity index (χ1n) is 9.83. The van der Waals surface area contributed by atoms with Crippen LogP contribution < -0.4 is 10.1 Å². The molecular formula is C22H24ClN3O3S. The highest BCUT2D eigenvalue weighted by atomic mass is 35.5. The van der Waals surface area contributed by atoms with Gasteiger partial charge in [0.05, 0.1) is 24.4 Å². The molecule has 8 heteroatoms. The van der Waals surface area contributed by atoms with E-state index >= 15 is 0 Å². The number of methoxy groups -OCH3 is 1. The number of likely N-dealkylation sites (tertiary alicyclic amines) is 2. The van der Waals surface area contributed by atoms with Crippen LogP contribution in [0.4, 0.5) is 5.69 Å². The van der Waals surface area contributed by atoms with Crippen LogP contribution in [-0.4, -0.2) is 61.4 Å². The average Bonchev–Trinajstić information content (AvgIpc) is 3.48. The standard InChI is InChI=1S/C22H24ClN3O3S/c1-3-21(27)25-9-15-11-26(12-16(15)10-25)22(28)8-24-19-6-17(14-4-5-30-13-14)18(23)7-20(19)29-2/h3-7,13,15-16,24H,1,8-12H2,2H3. The molecular weight excluding hydrogens is 422 g/mol. The van der Waals surface area contributed by atoms with Crippen LogP contribution in [0.15, 0.2) is 41.6 Å². The molecule has 0 saturated carbocycles. The summed E-state index contributed by atoms with van der Waals surface area (Å²) in [6.07, 6.45) is 1.36. The lowest BCUT2D eigenvalue weighted by molar-refractivity contribution is -0.128. The topological polar surface area (TPSA) is 61.9 Å². The zero-order chi connectivity index (χ0) is 21.3. The molecule has 4 rings (SSSR count). The van der Waals surface area contributed by atoms with Crippen LogP contribution in [0.25, 0.3) is 11.1 Å². The van der Waals surface area contributed by atoms with E-state index in [4.69, 9.17) is 16.3 Å². The van der Waals surface area contributed by atoms with Crippen molar-refractivity contribution in [2.45, 2.75) is 0 Å². The van der Waals surface area contributed by atoms with Crippen LogP contribution in [0.2, 0.25) is 5.02 Å². The van der Waals surface area contributed by atoms with Crippen molar-refractivity contribution in [2.24, 2.45) is 11.8 Å². The molecule has 1 N–H and O–H groups in total. The fourth-order valence-corrected chi connectivity index (χ4v) is 5.21. The molecule has 0 bridgehead atoms. The van der Waals surface area contributed by atoms with Crippen molar-refractivity contribution in [3.05, 3.63) is 46.6 Å². The van der Waals surface area contributed by atoms with E-state index < -0.39 is 0 Å². The fraction of sp³-hybridized carbons (Fsp3) is 0.364. The summed E-state index contributed by atoms with van der Waals surface area (Å²) >= 11 is 8.03. The molecule has 2 atom stereocenters. The van der Waals surface area contributed by atoms with Gasteiger partial charge in [0, 0.05) is 49.6 Å². The Balaban J connectivity index is 1.40. The summed E-state index contributed by atoms with van der Waals surface area (Å²) in [5, 5.41) is 7.86. The molecule has 158 valence electrons. The van der Waals surface area contributed by atoms with Crippen LogP contribution in [-0.2, 0) is 9.59 Å². The van der Waals surface area contributed by atoms with Gasteiger partial charge in [0.1, 0.15) is 5.75 Å². The lowest BCUT2D eigenvalue weighted by atomic mass is 10.0. The summed E-state index contributed by atoms with van der Waals surface area (Å²) in [5.41, 5.74) is 2.67. The van der Waals surface area contributed by atoms with Gasteiger partial charge in [-0.25, -0.2) is 0 Å². The lowest BCUT2D eigenvalue weighted by Gasteiger charge is -2.22. The monoisotopic (exact) mass is 445 g/mol. The Labute approximate surface area is 185 Å². The van der Waals surface area contributed by atoms with E-state index in [1.807, 2.05) is 32.7 Å². The minimum Gasteiger partial charge on any atom is -0.495 e. The van der Waals surface area contributed by atoms with E-state index in [-0.39, 0.29) is 18.4 Å². The molecule has 0 aliphatic carbocycles.